The van der Waals surface area contributed by atoms with Gasteiger partial charge in [-0.2, -0.15) is 0 Å². The highest BCUT2D eigenvalue weighted by Gasteiger charge is 2.43. The van der Waals surface area contributed by atoms with Gasteiger partial charge in [-0.15, -0.1) is 11.3 Å². The molecule has 0 atom stereocenters. The Bertz CT molecular complexity index is 3270. The molecule has 3 nitrogen and oxygen atoms in total. The van der Waals surface area contributed by atoms with Crippen molar-refractivity contribution in [1.82, 2.24) is 0 Å². The van der Waals surface area contributed by atoms with Crippen molar-refractivity contribution in [2.45, 2.75) is 219 Å². The van der Waals surface area contributed by atoms with E-state index in [9.17, 15) is 0 Å². The van der Waals surface area contributed by atoms with Gasteiger partial charge >= 0.3 is 0 Å². The summed E-state index contributed by atoms with van der Waals surface area (Å²) in [7, 11) is 0. The van der Waals surface area contributed by atoms with Crippen molar-refractivity contribution < 1.29 is 4.42 Å². The van der Waals surface area contributed by atoms with Gasteiger partial charge in [-0.05, 0) is 219 Å². The van der Waals surface area contributed by atoms with E-state index >= 15 is 0 Å². The van der Waals surface area contributed by atoms with Gasteiger partial charge in [0.2, 0.25) is 0 Å². The summed E-state index contributed by atoms with van der Waals surface area (Å²) in [5.41, 5.74) is 22.3. The highest BCUT2D eigenvalue weighted by Crippen LogP contribution is 2.57. The summed E-state index contributed by atoms with van der Waals surface area (Å²) < 4.78 is 8.14. The van der Waals surface area contributed by atoms with E-state index in [-0.39, 0.29) is 43.3 Å². The summed E-state index contributed by atoms with van der Waals surface area (Å²) >= 11 is 9.58. The van der Waals surface area contributed by atoms with Gasteiger partial charge in [0.1, 0.15) is 11.8 Å². The zero-order valence-corrected chi connectivity index (χ0v) is 49.3. The van der Waals surface area contributed by atoms with Crippen LogP contribution >= 0.6 is 22.9 Å². The van der Waals surface area contributed by atoms with Gasteiger partial charge in [-0.1, -0.05) is 135 Å². The zero-order chi connectivity index (χ0) is 52.5. The predicted octanol–water partition coefficient (Wildman–Crippen LogP) is 21.3. The van der Waals surface area contributed by atoms with E-state index in [0.29, 0.717) is 5.02 Å². The Hall–Kier alpha value is -4.51. The largest absolute Gasteiger partial charge is 0.462 e. The summed E-state index contributed by atoms with van der Waals surface area (Å²) in [5, 5.41) is 5.56. The van der Waals surface area contributed by atoms with Crippen LogP contribution in [0.2, 0.25) is 5.02 Å². The molecule has 5 aromatic carbocycles. The molecule has 5 heteroatoms. The molecule has 0 saturated carbocycles. The summed E-state index contributed by atoms with van der Waals surface area (Å²) in [6.45, 7) is 43.7. The second-order valence-electron chi connectivity index (χ2n) is 28.8. The molecule has 0 bridgehead atoms. The van der Waals surface area contributed by atoms with Crippen molar-refractivity contribution in [2.24, 2.45) is 0 Å². The molecular weight excluding hydrogens is 928 g/mol. The molecule has 4 aliphatic rings. The number of furan rings is 1. The Morgan fingerprint density at radius 3 is 1.41 bits per heavy atom. The van der Waals surface area contributed by atoms with Crippen LogP contribution in [0.3, 0.4) is 0 Å². The van der Waals surface area contributed by atoms with Gasteiger partial charge in [0.15, 0.2) is 0 Å². The van der Waals surface area contributed by atoms with E-state index < -0.39 is 0 Å². The van der Waals surface area contributed by atoms with Crippen molar-refractivity contribution >= 4 is 78.1 Å². The maximum absolute atomic E-state index is 7.70. The van der Waals surface area contributed by atoms with Crippen LogP contribution in [0.1, 0.15) is 218 Å². The molecule has 4 aliphatic carbocycles. The fourth-order valence-electron chi connectivity index (χ4n) is 14.3. The van der Waals surface area contributed by atoms with Gasteiger partial charge < -0.3 is 14.2 Å². The average Bonchev–Trinajstić information content (AvgIpc) is 3.91. The third-order valence-corrected chi connectivity index (χ3v) is 20.9. The van der Waals surface area contributed by atoms with Crippen LogP contribution in [0.5, 0.6) is 0 Å². The molecule has 2 aromatic heterocycles. The fourth-order valence-corrected chi connectivity index (χ4v) is 15.5. The van der Waals surface area contributed by atoms with Crippen molar-refractivity contribution in [2.75, 3.05) is 9.80 Å². The Labute approximate surface area is 448 Å². The molecular formula is C68H83ClN2OS. The Morgan fingerprint density at radius 1 is 0.425 bits per heavy atom. The molecule has 0 spiro atoms. The van der Waals surface area contributed by atoms with Gasteiger partial charge in [0, 0.05) is 48.6 Å². The van der Waals surface area contributed by atoms with Crippen molar-refractivity contribution in [3.63, 3.8) is 0 Å². The van der Waals surface area contributed by atoms with E-state index in [1.165, 1.54) is 103 Å². The van der Waals surface area contributed by atoms with Crippen LogP contribution in [0.15, 0.2) is 82.8 Å². The first-order chi connectivity index (χ1) is 33.8. The number of hydrogen-bond acceptors (Lipinski definition) is 4. The first kappa shape index (κ1) is 50.6. The second kappa shape index (κ2) is 16.3. The molecule has 0 fully saturated rings. The minimum Gasteiger partial charge on any atom is -0.462 e. The maximum atomic E-state index is 7.70. The number of anilines is 6. The second-order valence-corrected chi connectivity index (χ2v) is 30.1. The van der Waals surface area contributed by atoms with Crippen LogP contribution in [-0.4, -0.2) is 0 Å². The number of halogens is 1. The van der Waals surface area contributed by atoms with E-state index in [4.69, 9.17) is 16.0 Å². The molecule has 384 valence electrons. The summed E-state index contributed by atoms with van der Waals surface area (Å²) in [6.07, 6.45) is 11.3. The molecule has 0 radical (unpaired) electrons. The maximum Gasteiger partial charge on any atom is 0.136 e. The van der Waals surface area contributed by atoms with E-state index in [1.54, 1.807) is 0 Å². The molecule has 0 saturated heterocycles. The number of nitrogens with zero attached hydrogens (tertiary/aromatic N) is 2. The van der Waals surface area contributed by atoms with Crippen LogP contribution < -0.4 is 9.80 Å². The lowest BCUT2D eigenvalue weighted by Gasteiger charge is -2.44. The number of thiophene rings is 1. The first-order valence-electron chi connectivity index (χ1n) is 27.7. The fraction of sp³-hybridized carbons (Fsp3) is 0.500. The predicted molar refractivity (Wildman–Crippen MR) is 317 cm³/mol. The standard InChI is InChI=1S/C68H83ClN2OS/c1-40-29-48-51(65(11,12)24-21-62(48,5)6)35-55(40)71(56-38-72-58-36-52-49(33-45(56)58)63(7,8)22-25-66(52,13)14)44-31-42(69)30-43(32-44)70(54-20-19-47-60(41(54)2)68(17,18)28-27-61(47,3)4)57-39-73-59-37-53-50(34-46(57)59)64(9,10)23-26-67(53,15)16/h19-20,29-39H,21-28H2,1-18H3. The lowest BCUT2D eigenvalue weighted by atomic mass is 9.62. The highest BCUT2D eigenvalue weighted by atomic mass is 35.5. The number of benzene rings is 5. The Balaban J connectivity index is 1.20. The first-order valence-corrected chi connectivity index (χ1v) is 28.9. The Morgan fingerprint density at radius 2 is 0.863 bits per heavy atom. The molecule has 73 heavy (non-hydrogen) atoms. The molecule has 7 aromatic rings. The molecule has 0 N–H and O–H groups in total. The van der Waals surface area contributed by atoms with E-state index in [2.05, 4.69) is 207 Å². The minimum atomic E-state index is 0.0116. The normalized spacial score (nSPS) is 21.2. The zero-order valence-electron chi connectivity index (χ0n) is 47.8. The number of hydrogen-bond donors (Lipinski definition) is 0. The van der Waals surface area contributed by atoms with Gasteiger partial charge in [-0.3, -0.25) is 0 Å². The van der Waals surface area contributed by atoms with E-state index in [1.807, 2.05) is 17.6 Å². The molecule has 0 aliphatic heterocycles. The lowest BCUT2D eigenvalue weighted by Crippen LogP contribution is -2.35. The highest BCUT2D eigenvalue weighted by molar-refractivity contribution is 7.17. The number of rotatable bonds is 6. The number of aryl methyl sites for hydroxylation is 1. The van der Waals surface area contributed by atoms with Crippen molar-refractivity contribution in [3.05, 3.63) is 139 Å². The van der Waals surface area contributed by atoms with Gasteiger partial charge in [0.25, 0.3) is 0 Å². The lowest BCUT2D eigenvalue weighted by molar-refractivity contribution is 0.330. The Kier molecular flexibility index (Phi) is 11.3. The summed E-state index contributed by atoms with van der Waals surface area (Å²) in [6, 6.07) is 26.7. The molecule has 2 heterocycles. The van der Waals surface area contributed by atoms with Crippen molar-refractivity contribution in [1.29, 1.82) is 0 Å². The van der Waals surface area contributed by atoms with Crippen LogP contribution in [0.4, 0.5) is 34.1 Å². The third kappa shape index (κ3) is 7.98. The van der Waals surface area contributed by atoms with Crippen LogP contribution in [-0.2, 0) is 43.3 Å². The van der Waals surface area contributed by atoms with Crippen LogP contribution in [0, 0.1) is 13.8 Å². The minimum absolute atomic E-state index is 0.0116. The average molecular weight is 1010 g/mol. The molecule has 0 amide bonds. The molecule has 11 rings (SSSR count). The topological polar surface area (TPSA) is 19.6 Å². The SMILES string of the molecule is Cc1cc2c(cc1N(c1cc(Cl)cc(N(c3ccc4c(c3C)C(C)(C)CCC4(C)C)c3csc4cc5c(cc34)C(C)(C)CCC5(C)C)c1)c1coc3cc4c(cc13)C(C)(C)CCC4(C)C)C(C)(C)CCC2(C)C. The van der Waals surface area contributed by atoms with Crippen molar-refractivity contribution in [3.8, 4) is 0 Å². The summed E-state index contributed by atoms with van der Waals surface area (Å²) in [5.74, 6) is 0. The smallest absolute Gasteiger partial charge is 0.136 e. The van der Waals surface area contributed by atoms with E-state index in [0.717, 1.165) is 59.4 Å². The van der Waals surface area contributed by atoms with Gasteiger partial charge in [0.05, 0.1) is 11.4 Å². The quantitative estimate of drug-likeness (QED) is 0.166. The third-order valence-electron chi connectivity index (χ3n) is 19.8. The summed E-state index contributed by atoms with van der Waals surface area (Å²) in [4.78, 5) is 5.07. The van der Waals surface area contributed by atoms with Gasteiger partial charge in [-0.25, -0.2) is 0 Å². The van der Waals surface area contributed by atoms with Crippen LogP contribution in [0.25, 0.3) is 21.1 Å². The number of fused-ring (bicyclic) bond motifs is 6. The monoisotopic (exact) mass is 1010 g/mol. The molecule has 0 unspecified atom stereocenters.